The highest BCUT2D eigenvalue weighted by Crippen LogP contribution is 2.36. The second-order valence-corrected chi connectivity index (χ2v) is 5.21. The molecule has 2 N–H and O–H groups in total. The molecule has 0 saturated carbocycles. The number of nitrogen functional groups attached to an aromatic ring is 1. The van der Waals surface area contributed by atoms with E-state index in [1.807, 2.05) is 27.7 Å². The van der Waals surface area contributed by atoms with E-state index >= 15 is 0 Å². The van der Waals surface area contributed by atoms with E-state index in [0.717, 1.165) is 6.20 Å². The molecule has 1 aliphatic rings. The molecule has 0 bridgehead atoms. The molecule has 92 valence electrons. The van der Waals surface area contributed by atoms with E-state index in [0.29, 0.717) is 5.46 Å². The molecule has 0 spiro atoms. The van der Waals surface area contributed by atoms with E-state index in [9.17, 15) is 4.39 Å². The number of nitrogens with zero attached hydrogens (tertiary/aromatic N) is 1. The first-order valence-electron chi connectivity index (χ1n) is 5.49. The molecule has 0 amide bonds. The smallest absolute Gasteiger partial charge is 0.399 e. The van der Waals surface area contributed by atoms with Crippen LogP contribution in [0.25, 0.3) is 0 Å². The standard InChI is InChI=1S/C11H16BFN2O2/c1-10(2)11(3,4)17-12(16-10)7-5-15-6-8(13)9(7)14/h5-6H,1-4H3,(H2,14,15). The lowest BCUT2D eigenvalue weighted by atomic mass is 9.79. The highest BCUT2D eigenvalue weighted by atomic mass is 19.1. The molecule has 1 aliphatic heterocycles. The lowest BCUT2D eigenvalue weighted by Gasteiger charge is -2.32. The Morgan fingerprint density at radius 2 is 1.71 bits per heavy atom. The molecule has 0 radical (unpaired) electrons. The maximum atomic E-state index is 13.3. The largest absolute Gasteiger partial charge is 0.498 e. The van der Waals surface area contributed by atoms with Crippen molar-refractivity contribution in [3.63, 3.8) is 0 Å². The number of anilines is 1. The van der Waals surface area contributed by atoms with Gasteiger partial charge < -0.3 is 15.0 Å². The van der Waals surface area contributed by atoms with E-state index in [1.165, 1.54) is 6.20 Å². The van der Waals surface area contributed by atoms with Crippen molar-refractivity contribution >= 4 is 18.3 Å². The van der Waals surface area contributed by atoms with Crippen molar-refractivity contribution in [1.29, 1.82) is 0 Å². The highest BCUT2D eigenvalue weighted by Gasteiger charge is 2.52. The Balaban J connectivity index is 2.36. The summed E-state index contributed by atoms with van der Waals surface area (Å²) >= 11 is 0. The van der Waals surface area contributed by atoms with Gasteiger partial charge in [-0.15, -0.1) is 0 Å². The lowest BCUT2D eigenvalue weighted by Crippen LogP contribution is -2.41. The van der Waals surface area contributed by atoms with Crippen LogP contribution in [0.3, 0.4) is 0 Å². The summed E-state index contributed by atoms with van der Waals surface area (Å²) in [5.41, 5.74) is 5.17. The van der Waals surface area contributed by atoms with Crippen LogP contribution in [0, 0.1) is 5.82 Å². The van der Waals surface area contributed by atoms with Crippen LogP contribution in [0.15, 0.2) is 12.4 Å². The first-order chi connectivity index (χ1) is 7.74. The fourth-order valence-corrected chi connectivity index (χ4v) is 1.62. The van der Waals surface area contributed by atoms with Gasteiger partial charge in [0, 0.05) is 11.7 Å². The van der Waals surface area contributed by atoms with Gasteiger partial charge >= 0.3 is 7.12 Å². The molecule has 0 aliphatic carbocycles. The van der Waals surface area contributed by atoms with Gasteiger partial charge in [0.1, 0.15) is 0 Å². The molecule has 0 unspecified atom stereocenters. The van der Waals surface area contributed by atoms with E-state index in [1.54, 1.807) is 0 Å². The summed E-state index contributed by atoms with van der Waals surface area (Å²) in [5, 5.41) is 0. The van der Waals surface area contributed by atoms with Crippen molar-refractivity contribution in [3.05, 3.63) is 18.2 Å². The summed E-state index contributed by atoms with van der Waals surface area (Å²) in [5.74, 6) is -0.558. The van der Waals surface area contributed by atoms with Gasteiger partial charge in [0.25, 0.3) is 0 Å². The molecular formula is C11H16BFN2O2. The van der Waals surface area contributed by atoms with E-state index < -0.39 is 24.1 Å². The van der Waals surface area contributed by atoms with Crippen molar-refractivity contribution in [2.45, 2.75) is 38.9 Å². The Bertz CT molecular complexity index is 435. The van der Waals surface area contributed by atoms with Crippen LogP contribution in [0.5, 0.6) is 0 Å². The predicted octanol–water partition coefficient (Wildman–Crippen LogP) is 1.10. The maximum absolute atomic E-state index is 13.3. The SMILES string of the molecule is CC1(C)OB(c2cncc(F)c2N)OC1(C)C. The summed E-state index contributed by atoms with van der Waals surface area (Å²) in [6, 6.07) is 0. The third kappa shape index (κ3) is 1.91. The molecular weight excluding hydrogens is 222 g/mol. The molecule has 1 fully saturated rings. The minimum absolute atomic E-state index is 0.0264. The summed E-state index contributed by atoms with van der Waals surface area (Å²) in [6.07, 6.45) is 2.55. The zero-order valence-corrected chi connectivity index (χ0v) is 10.5. The zero-order valence-electron chi connectivity index (χ0n) is 10.5. The third-order valence-corrected chi connectivity index (χ3v) is 3.48. The maximum Gasteiger partial charge on any atom is 0.498 e. The van der Waals surface area contributed by atoms with Crippen LogP contribution in [-0.4, -0.2) is 23.3 Å². The number of nitrogens with two attached hydrogens (primary N) is 1. The number of aromatic nitrogens is 1. The Labute approximate surface area is 100 Å². The first kappa shape index (κ1) is 12.3. The van der Waals surface area contributed by atoms with Gasteiger partial charge in [0.2, 0.25) is 0 Å². The molecule has 0 aromatic carbocycles. The predicted molar refractivity (Wildman–Crippen MR) is 64.3 cm³/mol. The van der Waals surface area contributed by atoms with Gasteiger partial charge in [-0.1, -0.05) is 0 Å². The second kappa shape index (κ2) is 3.68. The van der Waals surface area contributed by atoms with Gasteiger partial charge in [-0.3, -0.25) is 4.98 Å². The fraction of sp³-hybridized carbons (Fsp3) is 0.545. The third-order valence-electron chi connectivity index (χ3n) is 3.48. The van der Waals surface area contributed by atoms with Crippen LogP contribution in [0.4, 0.5) is 10.1 Å². The van der Waals surface area contributed by atoms with Crippen molar-refractivity contribution in [2.24, 2.45) is 0 Å². The van der Waals surface area contributed by atoms with Crippen molar-refractivity contribution in [3.8, 4) is 0 Å². The van der Waals surface area contributed by atoms with Crippen molar-refractivity contribution in [1.82, 2.24) is 4.98 Å². The number of halogens is 1. The van der Waals surface area contributed by atoms with Gasteiger partial charge in [0.15, 0.2) is 5.82 Å². The summed E-state index contributed by atoms with van der Waals surface area (Å²) in [4.78, 5) is 3.77. The summed E-state index contributed by atoms with van der Waals surface area (Å²) in [6.45, 7) is 7.71. The molecule has 6 heteroatoms. The van der Waals surface area contributed by atoms with Crippen LogP contribution in [-0.2, 0) is 9.31 Å². The van der Waals surface area contributed by atoms with Gasteiger partial charge in [0.05, 0.1) is 23.1 Å². The minimum Gasteiger partial charge on any atom is -0.399 e. The quantitative estimate of drug-likeness (QED) is 0.744. The lowest BCUT2D eigenvalue weighted by molar-refractivity contribution is 0.00578. The summed E-state index contributed by atoms with van der Waals surface area (Å²) < 4.78 is 24.9. The molecule has 1 saturated heterocycles. The van der Waals surface area contributed by atoms with Crippen molar-refractivity contribution in [2.75, 3.05) is 5.73 Å². The Morgan fingerprint density at radius 3 is 2.24 bits per heavy atom. The molecule has 0 atom stereocenters. The molecule has 17 heavy (non-hydrogen) atoms. The zero-order chi connectivity index (χ0) is 12.8. The Hall–Kier alpha value is -1.14. The van der Waals surface area contributed by atoms with E-state index in [4.69, 9.17) is 15.0 Å². The van der Waals surface area contributed by atoms with Gasteiger partial charge in [-0.25, -0.2) is 4.39 Å². The highest BCUT2D eigenvalue weighted by molar-refractivity contribution is 6.63. The van der Waals surface area contributed by atoms with Crippen LogP contribution in [0.1, 0.15) is 27.7 Å². The van der Waals surface area contributed by atoms with Crippen LogP contribution >= 0.6 is 0 Å². The fourth-order valence-electron chi connectivity index (χ4n) is 1.62. The number of hydrogen-bond donors (Lipinski definition) is 1. The molecule has 4 nitrogen and oxygen atoms in total. The molecule has 2 heterocycles. The number of pyridine rings is 1. The molecule has 1 aromatic rings. The van der Waals surface area contributed by atoms with Crippen LogP contribution in [0.2, 0.25) is 0 Å². The molecule has 2 rings (SSSR count). The summed E-state index contributed by atoms with van der Waals surface area (Å²) in [7, 11) is -0.678. The normalized spacial score (nSPS) is 21.8. The van der Waals surface area contributed by atoms with E-state index in [-0.39, 0.29) is 5.69 Å². The monoisotopic (exact) mass is 238 g/mol. The average Bonchev–Trinajstić information content (AvgIpc) is 2.40. The Kier molecular flexibility index (Phi) is 2.67. The van der Waals surface area contributed by atoms with Gasteiger partial charge in [-0.05, 0) is 27.7 Å². The van der Waals surface area contributed by atoms with Crippen molar-refractivity contribution < 1.29 is 13.7 Å². The molecule has 1 aromatic heterocycles. The van der Waals surface area contributed by atoms with Gasteiger partial charge in [-0.2, -0.15) is 0 Å². The number of hydrogen-bond acceptors (Lipinski definition) is 4. The minimum atomic E-state index is -0.678. The van der Waals surface area contributed by atoms with E-state index in [2.05, 4.69) is 4.98 Å². The second-order valence-electron chi connectivity index (χ2n) is 5.21. The topological polar surface area (TPSA) is 57.4 Å². The number of rotatable bonds is 1. The Morgan fingerprint density at radius 1 is 1.18 bits per heavy atom. The average molecular weight is 238 g/mol. The first-order valence-corrected chi connectivity index (χ1v) is 5.49. The van der Waals surface area contributed by atoms with Crippen LogP contribution < -0.4 is 11.2 Å².